The first-order valence-corrected chi connectivity index (χ1v) is 8.42. The molecule has 1 aliphatic heterocycles. The Bertz CT molecular complexity index is 878. The predicted octanol–water partition coefficient (Wildman–Crippen LogP) is 2.83. The van der Waals surface area contributed by atoms with Crippen molar-refractivity contribution in [2.24, 2.45) is 0 Å². The number of ether oxygens (including phenoxy) is 1. The fraction of sp³-hybridized carbons (Fsp3) is 0.158. The average Bonchev–Trinajstić information content (AvgIpc) is 2.62. The highest BCUT2D eigenvalue weighted by Gasteiger charge is 2.30. The SMILES string of the molecule is COc1ccccc1NC(=O)C1=C(C)NC(=S)NC1c1ccc(O)cc1. The molecule has 6 nitrogen and oxygen atoms in total. The van der Waals surface area contributed by atoms with Crippen molar-refractivity contribution in [3.05, 3.63) is 65.4 Å². The van der Waals surface area contributed by atoms with Crippen molar-refractivity contribution < 1.29 is 14.6 Å². The maximum atomic E-state index is 13.0. The Balaban J connectivity index is 1.95. The predicted molar refractivity (Wildman–Crippen MR) is 104 cm³/mol. The van der Waals surface area contributed by atoms with E-state index in [0.717, 1.165) is 5.56 Å². The van der Waals surface area contributed by atoms with Crippen molar-refractivity contribution in [3.8, 4) is 11.5 Å². The van der Waals surface area contributed by atoms with E-state index in [-0.39, 0.29) is 11.7 Å². The van der Waals surface area contributed by atoms with E-state index in [9.17, 15) is 9.90 Å². The minimum absolute atomic E-state index is 0.158. The number of hydrogen-bond donors (Lipinski definition) is 4. The Hall–Kier alpha value is -3.06. The van der Waals surface area contributed by atoms with Gasteiger partial charge in [-0.2, -0.15) is 0 Å². The number of hydrogen-bond acceptors (Lipinski definition) is 4. The van der Waals surface area contributed by atoms with Crippen LogP contribution in [0.5, 0.6) is 11.5 Å². The van der Waals surface area contributed by atoms with Crippen LogP contribution >= 0.6 is 12.2 Å². The van der Waals surface area contributed by atoms with Gasteiger partial charge in [-0.1, -0.05) is 24.3 Å². The maximum absolute atomic E-state index is 13.0. The molecular weight excluding hydrogens is 350 g/mol. The van der Waals surface area contributed by atoms with Gasteiger partial charge in [0, 0.05) is 5.70 Å². The van der Waals surface area contributed by atoms with Gasteiger partial charge in [-0.15, -0.1) is 0 Å². The van der Waals surface area contributed by atoms with Crippen molar-refractivity contribution in [3.63, 3.8) is 0 Å². The zero-order valence-corrected chi connectivity index (χ0v) is 15.2. The molecule has 26 heavy (non-hydrogen) atoms. The number of anilines is 1. The number of thiocarbonyl (C=S) groups is 1. The molecule has 0 saturated heterocycles. The Morgan fingerprint density at radius 1 is 1.19 bits per heavy atom. The van der Waals surface area contributed by atoms with Crippen LogP contribution in [0.25, 0.3) is 0 Å². The van der Waals surface area contributed by atoms with Crippen molar-refractivity contribution in [1.82, 2.24) is 10.6 Å². The fourth-order valence-electron chi connectivity index (χ4n) is 2.85. The molecular formula is C19H19N3O3S. The van der Waals surface area contributed by atoms with Gasteiger partial charge in [0.25, 0.3) is 5.91 Å². The highest BCUT2D eigenvalue weighted by atomic mass is 32.1. The van der Waals surface area contributed by atoms with Gasteiger partial charge in [-0.25, -0.2) is 0 Å². The average molecular weight is 369 g/mol. The van der Waals surface area contributed by atoms with Crippen LogP contribution in [0.4, 0.5) is 5.69 Å². The lowest BCUT2D eigenvalue weighted by Crippen LogP contribution is -2.45. The van der Waals surface area contributed by atoms with Gasteiger partial charge in [0.2, 0.25) is 0 Å². The highest BCUT2D eigenvalue weighted by molar-refractivity contribution is 7.80. The van der Waals surface area contributed by atoms with Crippen LogP contribution in [-0.2, 0) is 4.79 Å². The van der Waals surface area contributed by atoms with Gasteiger partial charge >= 0.3 is 0 Å². The molecule has 0 aromatic heterocycles. The molecule has 0 bridgehead atoms. The Labute approximate surface area is 156 Å². The number of allylic oxidation sites excluding steroid dienone is 1. The van der Waals surface area contributed by atoms with Crippen molar-refractivity contribution in [2.75, 3.05) is 12.4 Å². The lowest BCUT2D eigenvalue weighted by molar-refractivity contribution is -0.113. The number of phenols is 1. The Kier molecular flexibility index (Phi) is 5.09. The Morgan fingerprint density at radius 3 is 2.58 bits per heavy atom. The number of nitrogens with one attached hydrogen (secondary N) is 3. The molecule has 2 aromatic carbocycles. The molecule has 1 amide bonds. The summed E-state index contributed by atoms with van der Waals surface area (Å²) in [7, 11) is 1.55. The summed E-state index contributed by atoms with van der Waals surface area (Å²) in [4.78, 5) is 13.0. The van der Waals surface area contributed by atoms with Crippen molar-refractivity contribution in [1.29, 1.82) is 0 Å². The van der Waals surface area contributed by atoms with Gasteiger partial charge < -0.3 is 25.8 Å². The van der Waals surface area contributed by atoms with E-state index in [1.807, 2.05) is 12.1 Å². The number of carbonyl (C=O) groups excluding carboxylic acids is 1. The minimum atomic E-state index is -0.431. The first kappa shape index (κ1) is 17.8. The smallest absolute Gasteiger partial charge is 0.255 e. The molecule has 0 radical (unpaired) electrons. The molecule has 2 aromatic rings. The van der Waals surface area contributed by atoms with E-state index in [1.54, 1.807) is 50.4 Å². The van der Waals surface area contributed by atoms with Crippen LogP contribution in [0.2, 0.25) is 0 Å². The summed E-state index contributed by atoms with van der Waals surface area (Å²) in [5.41, 5.74) is 2.57. The molecule has 3 rings (SSSR count). The number of benzene rings is 2. The third-order valence-corrected chi connectivity index (χ3v) is 4.32. The molecule has 7 heteroatoms. The fourth-order valence-corrected chi connectivity index (χ4v) is 3.12. The normalized spacial score (nSPS) is 16.5. The number of carbonyl (C=O) groups is 1. The molecule has 1 aliphatic rings. The second-order valence-corrected chi connectivity index (χ2v) is 6.22. The number of aromatic hydroxyl groups is 1. The summed E-state index contributed by atoms with van der Waals surface area (Å²) in [5, 5.41) is 19.0. The van der Waals surface area contributed by atoms with Gasteiger partial charge in [0.1, 0.15) is 11.5 Å². The molecule has 0 saturated carbocycles. The number of amides is 1. The van der Waals surface area contributed by atoms with Crippen LogP contribution in [0.1, 0.15) is 18.5 Å². The topological polar surface area (TPSA) is 82.6 Å². The molecule has 0 aliphatic carbocycles. The van der Waals surface area contributed by atoms with Gasteiger partial charge in [-0.05, 0) is 49.0 Å². The van der Waals surface area contributed by atoms with Gasteiger partial charge in [0.15, 0.2) is 5.11 Å². The first-order chi connectivity index (χ1) is 12.5. The largest absolute Gasteiger partial charge is 0.508 e. The molecule has 0 spiro atoms. The summed E-state index contributed by atoms with van der Waals surface area (Å²) < 4.78 is 5.29. The molecule has 1 atom stereocenters. The van der Waals surface area contributed by atoms with E-state index in [1.165, 1.54) is 0 Å². The van der Waals surface area contributed by atoms with E-state index in [4.69, 9.17) is 17.0 Å². The zero-order chi connectivity index (χ0) is 18.7. The zero-order valence-electron chi connectivity index (χ0n) is 14.4. The number of rotatable bonds is 4. The maximum Gasteiger partial charge on any atom is 0.255 e. The van der Waals surface area contributed by atoms with Crippen LogP contribution in [0, 0.1) is 0 Å². The van der Waals surface area contributed by atoms with Crippen LogP contribution in [0.15, 0.2) is 59.8 Å². The monoisotopic (exact) mass is 369 g/mol. The van der Waals surface area contributed by atoms with Crippen molar-refractivity contribution >= 4 is 28.9 Å². The summed E-state index contributed by atoms with van der Waals surface area (Å²) in [6, 6.07) is 13.4. The van der Waals surface area contributed by atoms with Crippen LogP contribution < -0.4 is 20.7 Å². The lowest BCUT2D eigenvalue weighted by atomic mass is 9.95. The second-order valence-electron chi connectivity index (χ2n) is 5.82. The third kappa shape index (κ3) is 3.62. The molecule has 4 N–H and O–H groups in total. The molecule has 134 valence electrons. The van der Waals surface area contributed by atoms with E-state index in [2.05, 4.69) is 16.0 Å². The summed E-state index contributed by atoms with van der Waals surface area (Å²) in [5.74, 6) is 0.464. The standard InChI is InChI=1S/C19H19N3O3S/c1-11-16(18(24)21-14-5-3-4-6-15(14)25-2)17(22-19(26)20-11)12-7-9-13(23)10-8-12/h3-10,17,23H,1-2H3,(H,21,24)(H2,20,22,26). The minimum Gasteiger partial charge on any atom is -0.508 e. The van der Waals surface area contributed by atoms with E-state index >= 15 is 0 Å². The van der Waals surface area contributed by atoms with Crippen molar-refractivity contribution in [2.45, 2.75) is 13.0 Å². The molecule has 1 unspecified atom stereocenters. The first-order valence-electron chi connectivity index (χ1n) is 8.01. The quantitative estimate of drug-likeness (QED) is 0.621. The molecule has 1 heterocycles. The Morgan fingerprint density at radius 2 is 1.88 bits per heavy atom. The number of phenolic OH excluding ortho intramolecular Hbond substituents is 1. The number of methoxy groups -OCH3 is 1. The summed E-state index contributed by atoms with van der Waals surface area (Å²) in [6.45, 7) is 1.80. The summed E-state index contributed by atoms with van der Waals surface area (Å²) >= 11 is 5.24. The van der Waals surface area contributed by atoms with E-state index < -0.39 is 6.04 Å². The second kappa shape index (κ2) is 7.45. The van der Waals surface area contributed by atoms with Crippen LogP contribution in [-0.4, -0.2) is 23.2 Å². The lowest BCUT2D eigenvalue weighted by Gasteiger charge is -2.30. The summed E-state index contributed by atoms with van der Waals surface area (Å²) in [6.07, 6.45) is 0. The van der Waals surface area contributed by atoms with Gasteiger partial charge in [-0.3, -0.25) is 4.79 Å². The third-order valence-electron chi connectivity index (χ3n) is 4.10. The highest BCUT2D eigenvalue weighted by Crippen LogP contribution is 2.30. The molecule has 0 fully saturated rings. The van der Waals surface area contributed by atoms with Crippen LogP contribution in [0.3, 0.4) is 0 Å². The van der Waals surface area contributed by atoms with Gasteiger partial charge in [0.05, 0.1) is 24.4 Å². The van der Waals surface area contributed by atoms with E-state index in [0.29, 0.717) is 27.8 Å². The number of para-hydroxylation sites is 2.